The van der Waals surface area contributed by atoms with Gasteiger partial charge in [0, 0.05) is 17.6 Å². The Bertz CT molecular complexity index is 780. The fraction of sp³-hybridized carbons (Fsp3) is 0.263. The van der Waals surface area contributed by atoms with Crippen molar-refractivity contribution in [2.75, 3.05) is 19.7 Å². The first kappa shape index (κ1) is 18.4. The molecule has 2 amide bonds. The Morgan fingerprint density at radius 2 is 1.69 bits per heavy atom. The van der Waals surface area contributed by atoms with Crippen LogP contribution in [0.15, 0.2) is 53.0 Å². The highest BCUT2D eigenvalue weighted by molar-refractivity contribution is 9.10. The Morgan fingerprint density at radius 3 is 2.46 bits per heavy atom. The summed E-state index contributed by atoms with van der Waals surface area (Å²) in [4.78, 5) is 25.9. The molecule has 0 atom stereocenters. The van der Waals surface area contributed by atoms with Crippen molar-refractivity contribution in [3.63, 3.8) is 0 Å². The number of nitrogens with one attached hydrogen (secondary N) is 2. The summed E-state index contributed by atoms with van der Waals surface area (Å²) in [6.45, 7) is 1.64. The van der Waals surface area contributed by atoms with Crippen LogP contribution in [-0.4, -0.2) is 36.4 Å². The maximum Gasteiger partial charge on any atom is 0.276 e. The number of hydrazine groups is 1. The molecule has 2 aromatic rings. The second-order valence-electron chi connectivity index (χ2n) is 6.07. The molecule has 0 bridgehead atoms. The first-order valence-corrected chi connectivity index (χ1v) is 9.14. The van der Waals surface area contributed by atoms with Gasteiger partial charge in [-0.2, -0.15) is 0 Å². The maximum absolute atomic E-state index is 12.0. The van der Waals surface area contributed by atoms with Gasteiger partial charge in [-0.1, -0.05) is 40.2 Å². The molecule has 0 radical (unpaired) electrons. The van der Waals surface area contributed by atoms with Crippen molar-refractivity contribution in [2.45, 2.75) is 13.0 Å². The van der Waals surface area contributed by atoms with E-state index in [1.807, 2.05) is 24.3 Å². The lowest BCUT2D eigenvalue weighted by Crippen LogP contribution is -2.48. The van der Waals surface area contributed by atoms with E-state index in [2.05, 4.69) is 43.8 Å². The van der Waals surface area contributed by atoms with Crippen LogP contribution in [0, 0.1) is 0 Å². The smallest absolute Gasteiger partial charge is 0.276 e. The summed E-state index contributed by atoms with van der Waals surface area (Å²) < 4.78 is 6.28. The summed E-state index contributed by atoms with van der Waals surface area (Å²) in [6.07, 6.45) is 0.927. The average molecular weight is 418 g/mol. The number of hydrogen-bond donors (Lipinski definition) is 2. The number of ether oxygens (including phenoxy) is 1. The molecule has 3 rings (SSSR count). The van der Waals surface area contributed by atoms with Gasteiger partial charge in [-0.15, -0.1) is 0 Å². The Hall–Kier alpha value is -2.38. The molecule has 0 saturated heterocycles. The lowest BCUT2D eigenvalue weighted by Gasteiger charge is -2.28. The highest BCUT2D eigenvalue weighted by atomic mass is 79.9. The quantitative estimate of drug-likeness (QED) is 0.730. The second kappa shape index (κ2) is 8.82. The van der Waals surface area contributed by atoms with Gasteiger partial charge in [0.15, 0.2) is 6.61 Å². The molecule has 0 aromatic heterocycles. The van der Waals surface area contributed by atoms with Gasteiger partial charge >= 0.3 is 0 Å². The van der Waals surface area contributed by atoms with E-state index < -0.39 is 5.91 Å². The van der Waals surface area contributed by atoms with Crippen LogP contribution in [0.4, 0.5) is 0 Å². The topological polar surface area (TPSA) is 70.7 Å². The number of halogens is 1. The molecule has 1 aliphatic rings. The van der Waals surface area contributed by atoms with Crippen molar-refractivity contribution < 1.29 is 14.3 Å². The number of nitrogens with zero attached hydrogens (tertiary/aromatic N) is 1. The van der Waals surface area contributed by atoms with Crippen LogP contribution in [0.5, 0.6) is 5.75 Å². The number of fused-ring (bicyclic) bond motifs is 1. The highest BCUT2D eigenvalue weighted by Crippen LogP contribution is 2.18. The molecule has 6 nitrogen and oxygen atoms in total. The lowest BCUT2D eigenvalue weighted by molar-refractivity contribution is -0.130. The zero-order valence-corrected chi connectivity index (χ0v) is 15.8. The monoisotopic (exact) mass is 417 g/mol. The third-order valence-electron chi connectivity index (χ3n) is 4.10. The van der Waals surface area contributed by atoms with Gasteiger partial charge in [-0.25, -0.2) is 0 Å². The van der Waals surface area contributed by atoms with E-state index in [1.54, 1.807) is 12.1 Å². The van der Waals surface area contributed by atoms with Crippen LogP contribution in [-0.2, 0) is 22.6 Å². The number of carbonyl (C=O) groups excluding carboxylic acids is 2. The van der Waals surface area contributed by atoms with Crippen molar-refractivity contribution in [3.8, 4) is 5.75 Å². The highest BCUT2D eigenvalue weighted by Gasteiger charge is 2.18. The molecular weight excluding hydrogens is 398 g/mol. The Balaban J connectivity index is 1.37. The minimum absolute atomic E-state index is 0.168. The molecule has 2 aromatic carbocycles. The summed E-state index contributed by atoms with van der Waals surface area (Å²) in [5.74, 6) is -0.0757. The number of benzene rings is 2. The summed E-state index contributed by atoms with van der Waals surface area (Å²) in [5.41, 5.74) is 7.39. The summed E-state index contributed by atoms with van der Waals surface area (Å²) in [6, 6.07) is 15.4. The molecular formula is C19H20BrN3O3. The van der Waals surface area contributed by atoms with Gasteiger partial charge < -0.3 is 4.74 Å². The minimum Gasteiger partial charge on any atom is -0.484 e. The van der Waals surface area contributed by atoms with Crippen LogP contribution < -0.4 is 15.6 Å². The minimum atomic E-state index is -0.412. The van der Waals surface area contributed by atoms with E-state index in [0.29, 0.717) is 5.75 Å². The molecule has 0 unspecified atom stereocenters. The number of carbonyl (C=O) groups is 2. The molecule has 0 spiro atoms. The van der Waals surface area contributed by atoms with Gasteiger partial charge in [0.2, 0.25) is 0 Å². The Kier molecular flexibility index (Phi) is 6.25. The first-order valence-electron chi connectivity index (χ1n) is 8.35. The predicted molar refractivity (Wildman–Crippen MR) is 101 cm³/mol. The molecule has 7 heteroatoms. The van der Waals surface area contributed by atoms with Crippen LogP contribution in [0.25, 0.3) is 0 Å². The Morgan fingerprint density at radius 1 is 1.00 bits per heavy atom. The largest absolute Gasteiger partial charge is 0.484 e. The number of hydrogen-bond acceptors (Lipinski definition) is 4. The third kappa shape index (κ3) is 5.31. The lowest BCUT2D eigenvalue weighted by atomic mass is 10.00. The first-order chi connectivity index (χ1) is 12.6. The van der Waals surface area contributed by atoms with Gasteiger partial charge in [-0.3, -0.25) is 25.3 Å². The van der Waals surface area contributed by atoms with Crippen molar-refractivity contribution in [2.24, 2.45) is 0 Å². The van der Waals surface area contributed by atoms with Crippen LogP contribution >= 0.6 is 15.9 Å². The van der Waals surface area contributed by atoms with Crippen molar-refractivity contribution in [3.05, 3.63) is 64.1 Å². The summed E-state index contributed by atoms with van der Waals surface area (Å²) in [5, 5.41) is 0. The van der Waals surface area contributed by atoms with E-state index in [1.165, 1.54) is 11.1 Å². The average Bonchev–Trinajstić information content (AvgIpc) is 2.66. The van der Waals surface area contributed by atoms with Gasteiger partial charge in [0.05, 0.1) is 6.54 Å². The molecule has 1 aliphatic heterocycles. The van der Waals surface area contributed by atoms with Crippen molar-refractivity contribution >= 4 is 27.7 Å². The maximum atomic E-state index is 12.0. The fourth-order valence-electron chi connectivity index (χ4n) is 2.79. The zero-order valence-electron chi connectivity index (χ0n) is 14.2. The second-order valence-corrected chi connectivity index (χ2v) is 6.98. The zero-order chi connectivity index (χ0) is 18.4. The van der Waals surface area contributed by atoms with E-state index in [9.17, 15) is 9.59 Å². The van der Waals surface area contributed by atoms with E-state index in [-0.39, 0.29) is 19.1 Å². The van der Waals surface area contributed by atoms with Crippen LogP contribution in [0.1, 0.15) is 11.1 Å². The number of rotatable bonds is 5. The van der Waals surface area contributed by atoms with Crippen LogP contribution in [0.3, 0.4) is 0 Å². The van der Waals surface area contributed by atoms with Gasteiger partial charge in [-0.05, 0) is 41.8 Å². The van der Waals surface area contributed by atoms with E-state index in [0.717, 1.165) is 24.0 Å². The third-order valence-corrected chi connectivity index (χ3v) is 4.63. The fourth-order valence-corrected chi connectivity index (χ4v) is 3.05. The number of amides is 2. The summed E-state index contributed by atoms with van der Waals surface area (Å²) >= 11 is 3.33. The SMILES string of the molecule is O=C(COc1ccc(Br)cc1)NNC(=O)CN1CCc2ccccc2C1. The normalized spacial score (nSPS) is 13.6. The molecule has 26 heavy (non-hydrogen) atoms. The Labute approximate surface area is 160 Å². The van der Waals surface area contributed by atoms with Crippen molar-refractivity contribution in [1.82, 2.24) is 15.8 Å². The predicted octanol–water partition coefficient (Wildman–Crippen LogP) is 2.03. The summed E-state index contributed by atoms with van der Waals surface area (Å²) in [7, 11) is 0. The van der Waals surface area contributed by atoms with Crippen LogP contribution in [0.2, 0.25) is 0 Å². The molecule has 0 saturated carbocycles. The van der Waals surface area contributed by atoms with E-state index in [4.69, 9.17) is 4.74 Å². The van der Waals surface area contributed by atoms with Gasteiger partial charge in [0.1, 0.15) is 5.75 Å². The molecule has 1 heterocycles. The standard InChI is InChI=1S/C19H20BrN3O3/c20-16-5-7-17(8-6-16)26-13-19(25)22-21-18(24)12-23-10-9-14-3-1-2-4-15(14)11-23/h1-8H,9-13H2,(H,21,24)(H,22,25). The van der Waals surface area contributed by atoms with E-state index >= 15 is 0 Å². The molecule has 0 fully saturated rings. The van der Waals surface area contributed by atoms with Crippen molar-refractivity contribution in [1.29, 1.82) is 0 Å². The molecule has 136 valence electrons. The molecule has 0 aliphatic carbocycles. The molecule has 2 N–H and O–H groups in total. The van der Waals surface area contributed by atoms with Gasteiger partial charge in [0.25, 0.3) is 11.8 Å².